The van der Waals surface area contributed by atoms with Crippen molar-refractivity contribution in [3.05, 3.63) is 22.4 Å². The highest BCUT2D eigenvalue weighted by Gasteiger charge is 2.31. The van der Waals surface area contributed by atoms with Crippen LogP contribution >= 0.6 is 11.3 Å². The summed E-state index contributed by atoms with van der Waals surface area (Å²) in [6.45, 7) is 4.57. The van der Waals surface area contributed by atoms with Gasteiger partial charge in [-0.15, -0.1) is 11.3 Å². The highest BCUT2D eigenvalue weighted by atomic mass is 32.1. The van der Waals surface area contributed by atoms with E-state index >= 15 is 0 Å². The molecular formula is C15H22N2O3S. The molecule has 1 heterocycles. The van der Waals surface area contributed by atoms with E-state index in [9.17, 15) is 9.59 Å². The number of rotatable bonds is 5. The largest absolute Gasteiger partial charge is 0.481 e. The molecule has 2 atom stereocenters. The lowest BCUT2D eigenvalue weighted by molar-refractivity contribution is -0.141. The number of urea groups is 1. The first-order chi connectivity index (χ1) is 9.97. The lowest BCUT2D eigenvalue weighted by atomic mass is 10.1. The number of aliphatic carboxylic acids is 1. The minimum Gasteiger partial charge on any atom is -0.481 e. The van der Waals surface area contributed by atoms with Crippen molar-refractivity contribution < 1.29 is 14.7 Å². The molecule has 21 heavy (non-hydrogen) atoms. The number of carboxylic acids is 1. The van der Waals surface area contributed by atoms with E-state index in [1.807, 2.05) is 31.4 Å². The molecule has 0 aliphatic heterocycles. The molecule has 0 radical (unpaired) electrons. The maximum atomic E-state index is 12.4. The highest BCUT2D eigenvalue weighted by molar-refractivity contribution is 7.09. The van der Waals surface area contributed by atoms with Gasteiger partial charge < -0.3 is 15.3 Å². The van der Waals surface area contributed by atoms with Gasteiger partial charge in [0.2, 0.25) is 0 Å². The summed E-state index contributed by atoms with van der Waals surface area (Å²) in [7, 11) is 0. The molecule has 1 aliphatic carbocycles. The summed E-state index contributed by atoms with van der Waals surface area (Å²) in [5.74, 6) is -1.08. The highest BCUT2D eigenvalue weighted by Crippen LogP contribution is 2.26. The maximum Gasteiger partial charge on any atom is 0.318 e. The lowest BCUT2D eigenvalue weighted by Gasteiger charge is -2.28. The molecule has 2 amide bonds. The molecule has 1 saturated carbocycles. The third-order valence-electron chi connectivity index (χ3n) is 3.90. The Bertz CT molecular complexity index is 487. The Kier molecular flexibility index (Phi) is 5.22. The third kappa shape index (κ3) is 4.20. The average molecular weight is 310 g/mol. The zero-order valence-corrected chi connectivity index (χ0v) is 13.2. The van der Waals surface area contributed by atoms with Gasteiger partial charge in [-0.05, 0) is 44.6 Å². The second-order valence-electron chi connectivity index (χ2n) is 5.80. The van der Waals surface area contributed by atoms with Crippen molar-refractivity contribution >= 4 is 23.3 Å². The molecule has 0 aromatic carbocycles. The zero-order chi connectivity index (χ0) is 15.4. The van der Waals surface area contributed by atoms with Crippen LogP contribution in [0, 0.1) is 5.92 Å². The molecule has 5 nitrogen and oxygen atoms in total. The van der Waals surface area contributed by atoms with Gasteiger partial charge in [0, 0.05) is 17.0 Å². The van der Waals surface area contributed by atoms with E-state index in [4.69, 9.17) is 5.11 Å². The van der Waals surface area contributed by atoms with E-state index in [-0.39, 0.29) is 24.0 Å². The quantitative estimate of drug-likeness (QED) is 0.878. The van der Waals surface area contributed by atoms with Gasteiger partial charge in [-0.3, -0.25) is 4.79 Å². The Balaban J connectivity index is 1.92. The minimum atomic E-state index is -0.758. The normalized spacial score (nSPS) is 21.5. The second-order valence-corrected chi connectivity index (χ2v) is 6.83. The molecule has 6 heteroatoms. The van der Waals surface area contributed by atoms with Crippen LogP contribution in [0.2, 0.25) is 0 Å². The summed E-state index contributed by atoms with van der Waals surface area (Å²) in [5, 5.41) is 14.0. The van der Waals surface area contributed by atoms with E-state index in [1.165, 1.54) is 0 Å². The van der Waals surface area contributed by atoms with Crippen LogP contribution in [0.15, 0.2) is 17.5 Å². The van der Waals surface area contributed by atoms with Gasteiger partial charge in [0.25, 0.3) is 0 Å². The second kappa shape index (κ2) is 6.93. The Morgan fingerprint density at radius 2 is 2.24 bits per heavy atom. The molecule has 1 aliphatic rings. The summed E-state index contributed by atoms with van der Waals surface area (Å²) in [5.41, 5.74) is 0. The van der Waals surface area contributed by atoms with Crippen molar-refractivity contribution in [3.8, 4) is 0 Å². The number of nitrogens with one attached hydrogen (secondary N) is 1. The molecule has 1 fully saturated rings. The van der Waals surface area contributed by atoms with Crippen molar-refractivity contribution in [1.82, 2.24) is 10.2 Å². The van der Waals surface area contributed by atoms with Crippen LogP contribution in [0.5, 0.6) is 0 Å². The fraction of sp³-hybridized carbons (Fsp3) is 0.600. The number of hydrogen-bond donors (Lipinski definition) is 2. The molecule has 1 aromatic rings. The maximum absolute atomic E-state index is 12.4. The minimum absolute atomic E-state index is 0.0248. The average Bonchev–Trinajstić information content (AvgIpc) is 3.06. The molecule has 0 saturated heterocycles. The van der Waals surface area contributed by atoms with Crippen LogP contribution in [0.4, 0.5) is 4.79 Å². The van der Waals surface area contributed by atoms with Crippen molar-refractivity contribution in [2.45, 2.75) is 51.7 Å². The van der Waals surface area contributed by atoms with E-state index in [0.29, 0.717) is 19.4 Å². The van der Waals surface area contributed by atoms with Gasteiger partial charge >= 0.3 is 12.0 Å². The molecule has 0 spiro atoms. The van der Waals surface area contributed by atoms with Crippen LogP contribution in [0.25, 0.3) is 0 Å². The SMILES string of the molecule is CC(C)N(Cc1cccs1)C(=O)N[C@H]1CC[C@@H](C(=O)O)C1. The van der Waals surface area contributed by atoms with Gasteiger partial charge in [-0.2, -0.15) is 0 Å². The number of carbonyl (C=O) groups is 2. The van der Waals surface area contributed by atoms with E-state index in [0.717, 1.165) is 11.3 Å². The van der Waals surface area contributed by atoms with E-state index < -0.39 is 5.97 Å². The number of hydrogen-bond acceptors (Lipinski definition) is 3. The van der Waals surface area contributed by atoms with Crippen molar-refractivity contribution in [2.24, 2.45) is 5.92 Å². The molecule has 2 rings (SSSR count). The number of thiophene rings is 1. The smallest absolute Gasteiger partial charge is 0.318 e. The Hall–Kier alpha value is -1.56. The van der Waals surface area contributed by atoms with Crippen molar-refractivity contribution in [2.75, 3.05) is 0 Å². The molecule has 1 aromatic heterocycles. The van der Waals surface area contributed by atoms with Crippen LogP contribution in [-0.4, -0.2) is 34.1 Å². The Morgan fingerprint density at radius 1 is 1.48 bits per heavy atom. The Morgan fingerprint density at radius 3 is 2.76 bits per heavy atom. The summed E-state index contributed by atoms with van der Waals surface area (Å²) in [6.07, 6.45) is 1.92. The summed E-state index contributed by atoms with van der Waals surface area (Å²) in [6, 6.07) is 3.97. The zero-order valence-electron chi connectivity index (χ0n) is 12.4. The van der Waals surface area contributed by atoms with Crippen LogP contribution in [-0.2, 0) is 11.3 Å². The Labute approximate surface area is 129 Å². The van der Waals surface area contributed by atoms with Gasteiger partial charge in [0.1, 0.15) is 0 Å². The first-order valence-electron chi connectivity index (χ1n) is 7.29. The van der Waals surface area contributed by atoms with E-state index in [1.54, 1.807) is 16.2 Å². The number of amides is 2. The lowest BCUT2D eigenvalue weighted by Crippen LogP contribution is -2.46. The van der Waals surface area contributed by atoms with Gasteiger partial charge in [-0.25, -0.2) is 4.79 Å². The number of carboxylic acid groups (broad SMARTS) is 1. The van der Waals surface area contributed by atoms with E-state index in [2.05, 4.69) is 5.32 Å². The van der Waals surface area contributed by atoms with Gasteiger partial charge in [-0.1, -0.05) is 6.07 Å². The molecule has 116 valence electrons. The topological polar surface area (TPSA) is 69.6 Å². The van der Waals surface area contributed by atoms with Crippen LogP contribution < -0.4 is 5.32 Å². The summed E-state index contributed by atoms with van der Waals surface area (Å²) < 4.78 is 0. The first-order valence-corrected chi connectivity index (χ1v) is 8.17. The van der Waals surface area contributed by atoms with Crippen molar-refractivity contribution in [3.63, 3.8) is 0 Å². The predicted octanol–water partition coefficient (Wildman–Crippen LogP) is 2.92. The third-order valence-corrected chi connectivity index (χ3v) is 4.76. The van der Waals surface area contributed by atoms with Crippen molar-refractivity contribution in [1.29, 1.82) is 0 Å². The molecular weight excluding hydrogens is 288 g/mol. The summed E-state index contributed by atoms with van der Waals surface area (Å²) >= 11 is 1.63. The molecule has 2 N–H and O–H groups in total. The van der Waals surface area contributed by atoms with Crippen LogP contribution in [0.1, 0.15) is 38.0 Å². The monoisotopic (exact) mass is 310 g/mol. The number of nitrogens with zero attached hydrogens (tertiary/aromatic N) is 1. The van der Waals surface area contributed by atoms with Crippen LogP contribution in [0.3, 0.4) is 0 Å². The van der Waals surface area contributed by atoms with Gasteiger partial charge in [0.15, 0.2) is 0 Å². The predicted molar refractivity (Wildman–Crippen MR) is 82.3 cm³/mol. The summed E-state index contributed by atoms with van der Waals surface area (Å²) in [4.78, 5) is 26.3. The molecule has 0 bridgehead atoms. The van der Waals surface area contributed by atoms with Gasteiger partial charge in [0.05, 0.1) is 12.5 Å². The fourth-order valence-electron chi connectivity index (χ4n) is 2.65. The first kappa shape index (κ1) is 15.8. The molecule has 0 unspecified atom stereocenters. The fourth-order valence-corrected chi connectivity index (χ4v) is 3.36. The number of carbonyl (C=O) groups excluding carboxylic acids is 1. The standard InChI is InChI=1S/C15H22N2O3S/c1-10(2)17(9-13-4-3-7-21-13)15(20)16-12-6-5-11(8-12)14(18)19/h3-4,7,10-12H,5-6,8-9H2,1-2H3,(H,16,20)(H,18,19)/t11-,12+/m1/s1.